The van der Waals surface area contributed by atoms with Gasteiger partial charge in [0.1, 0.15) is 11.6 Å². The first-order valence-corrected chi connectivity index (χ1v) is 16.9. The molecule has 0 spiro atoms. The van der Waals surface area contributed by atoms with Crippen molar-refractivity contribution in [2.24, 2.45) is 0 Å². The van der Waals surface area contributed by atoms with Crippen LogP contribution in [0.1, 0.15) is 94.1 Å². The molecule has 5 rings (SSSR count). The molecule has 0 radical (unpaired) electrons. The van der Waals surface area contributed by atoms with Gasteiger partial charge < -0.3 is 29.2 Å². The van der Waals surface area contributed by atoms with Crippen molar-refractivity contribution in [1.82, 2.24) is 10.2 Å². The zero-order valence-electron chi connectivity index (χ0n) is 26.5. The molecule has 2 aliphatic heterocycles. The van der Waals surface area contributed by atoms with Crippen LogP contribution in [0.25, 0.3) is 0 Å². The maximum atomic E-state index is 13.6. The van der Waals surface area contributed by atoms with Crippen LogP contribution in [-0.4, -0.2) is 70.2 Å². The Bertz CT molecular complexity index is 1120. The van der Waals surface area contributed by atoms with E-state index in [1.54, 1.807) is 26.4 Å². The number of unbranched alkanes of at least 4 members (excludes halogenated alkanes) is 2. The molecule has 1 saturated carbocycles. The molecule has 2 aromatic rings. The molecule has 2 heterocycles. The minimum atomic E-state index is -0.208. The summed E-state index contributed by atoms with van der Waals surface area (Å²) in [5.74, 6) is 2.93. The zero-order valence-corrected chi connectivity index (χ0v) is 26.5. The standard InChI is InChI=1S/C36H53FN2O4/c1-40-34-17-12-30(37)24-28(34)10-13-32-14-15-33(42-32)18-21-38-20-6-3-7-22-39-23-19-29(26-39)27-11-16-35(41-2)36(25-27)43-31-8-4-5-9-31/h11-12,16-17,24-25,29,31-33,38H,3-10,13-15,18-23,26H2,1-2H3. The van der Waals surface area contributed by atoms with Gasteiger partial charge >= 0.3 is 0 Å². The maximum Gasteiger partial charge on any atom is 0.161 e. The van der Waals surface area contributed by atoms with Crippen LogP contribution in [0.4, 0.5) is 4.39 Å². The van der Waals surface area contributed by atoms with E-state index in [0.717, 1.165) is 87.4 Å². The molecule has 1 aliphatic carbocycles. The van der Waals surface area contributed by atoms with Gasteiger partial charge in [0.05, 0.1) is 32.5 Å². The summed E-state index contributed by atoms with van der Waals surface area (Å²) in [7, 11) is 3.38. The van der Waals surface area contributed by atoms with Crippen molar-refractivity contribution in [3.63, 3.8) is 0 Å². The van der Waals surface area contributed by atoms with Crippen molar-refractivity contribution in [1.29, 1.82) is 0 Å². The highest BCUT2D eigenvalue weighted by molar-refractivity contribution is 5.44. The third-order valence-electron chi connectivity index (χ3n) is 9.67. The predicted molar refractivity (Wildman–Crippen MR) is 170 cm³/mol. The summed E-state index contributed by atoms with van der Waals surface area (Å²) >= 11 is 0. The van der Waals surface area contributed by atoms with Crippen molar-refractivity contribution in [3.05, 3.63) is 53.3 Å². The quantitative estimate of drug-likeness (QED) is 0.194. The second-order valence-electron chi connectivity index (χ2n) is 12.8. The lowest BCUT2D eigenvalue weighted by atomic mass is 9.98. The van der Waals surface area contributed by atoms with E-state index < -0.39 is 0 Å². The zero-order chi connectivity index (χ0) is 29.9. The first kappa shape index (κ1) is 32.1. The molecule has 0 amide bonds. The van der Waals surface area contributed by atoms with Gasteiger partial charge in [-0.25, -0.2) is 4.39 Å². The molecule has 2 aromatic carbocycles. The SMILES string of the molecule is COc1ccc(F)cc1CCC1CCC(CCNCCCCCN2CCC(c3ccc(OC)c(OC4CCCC4)c3)C2)O1. The lowest BCUT2D eigenvalue weighted by Crippen LogP contribution is -2.23. The predicted octanol–water partition coefficient (Wildman–Crippen LogP) is 7.28. The summed E-state index contributed by atoms with van der Waals surface area (Å²) in [5.41, 5.74) is 2.32. The first-order chi connectivity index (χ1) is 21.1. The Balaban J connectivity index is 0.903. The summed E-state index contributed by atoms with van der Waals surface area (Å²) in [6.45, 7) is 5.61. The van der Waals surface area contributed by atoms with Crippen LogP contribution in [0, 0.1) is 5.82 Å². The van der Waals surface area contributed by atoms with E-state index in [4.69, 9.17) is 18.9 Å². The van der Waals surface area contributed by atoms with Crippen LogP contribution in [-0.2, 0) is 11.2 Å². The molecule has 0 aromatic heterocycles. The van der Waals surface area contributed by atoms with E-state index in [2.05, 4.69) is 28.4 Å². The fourth-order valence-corrected chi connectivity index (χ4v) is 7.15. The Morgan fingerprint density at radius 1 is 0.837 bits per heavy atom. The van der Waals surface area contributed by atoms with Crippen molar-refractivity contribution < 1.29 is 23.3 Å². The molecule has 2 saturated heterocycles. The average Bonchev–Trinajstić information content (AvgIpc) is 3.81. The number of rotatable bonds is 17. The highest BCUT2D eigenvalue weighted by Gasteiger charge is 2.26. The van der Waals surface area contributed by atoms with Gasteiger partial charge in [-0.3, -0.25) is 0 Å². The Kier molecular flexibility index (Phi) is 12.4. The minimum Gasteiger partial charge on any atom is -0.496 e. The molecular weight excluding hydrogens is 543 g/mol. The molecule has 3 aliphatic rings. The number of likely N-dealkylation sites (tertiary alicyclic amines) is 1. The third kappa shape index (κ3) is 9.57. The second-order valence-corrected chi connectivity index (χ2v) is 12.8. The number of hydrogen-bond acceptors (Lipinski definition) is 6. The number of halogens is 1. The molecule has 6 nitrogen and oxygen atoms in total. The fraction of sp³-hybridized carbons (Fsp3) is 0.667. The Labute approximate surface area is 258 Å². The summed E-state index contributed by atoms with van der Waals surface area (Å²) in [6.07, 6.45) is 15.8. The second kappa shape index (κ2) is 16.6. The number of benzene rings is 2. The fourth-order valence-electron chi connectivity index (χ4n) is 7.15. The van der Waals surface area contributed by atoms with E-state index in [-0.39, 0.29) is 11.9 Å². The number of nitrogens with zero attached hydrogens (tertiary/aromatic N) is 1. The van der Waals surface area contributed by atoms with E-state index in [0.29, 0.717) is 18.1 Å². The summed E-state index contributed by atoms with van der Waals surface area (Å²) in [4.78, 5) is 2.64. The molecule has 238 valence electrons. The topological polar surface area (TPSA) is 52.2 Å². The van der Waals surface area contributed by atoms with E-state index in [9.17, 15) is 4.39 Å². The molecule has 3 fully saturated rings. The van der Waals surface area contributed by atoms with E-state index in [1.165, 1.54) is 63.2 Å². The molecule has 43 heavy (non-hydrogen) atoms. The van der Waals surface area contributed by atoms with Crippen LogP contribution < -0.4 is 19.5 Å². The van der Waals surface area contributed by atoms with Crippen LogP contribution >= 0.6 is 0 Å². The number of methoxy groups -OCH3 is 2. The van der Waals surface area contributed by atoms with E-state index >= 15 is 0 Å². The Morgan fingerprint density at radius 2 is 1.63 bits per heavy atom. The molecular formula is C36H53FN2O4. The molecule has 7 heteroatoms. The molecule has 3 unspecified atom stereocenters. The van der Waals surface area contributed by atoms with E-state index in [1.807, 2.05) is 0 Å². The van der Waals surface area contributed by atoms with Gasteiger partial charge in [0.15, 0.2) is 11.5 Å². The normalized spacial score (nSPS) is 22.8. The van der Waals surface area contributed by atoms with Crippen molar-refractivity contribution >= 4 is 0 Å². The average molecular weight is 597 g/mol. The van der Waals surface area contributed by atoms with Crippen molar-refractivity contribution in [3.8, 4) is 17.2 Å². The van der Waals surface area contributed by atoms with Gasteiger partial charge in [-0.1, -0.05) is 12.5 Å². The minimum absolute atomic E-state index is 0.208. The van der Waals surface area contributed by atoms with Gasteiger partial charge in [0, 0.05) is 6.54 Å². The lowest BCUT2D eigenvalue weighted by molar-refractivity contribution is 0.0366. The Hall–Kier alpha value is -2.35. The monoisotopic (exact) mass is 596 g/mol. The third-order valence-corrected chi connectivity index (χ3v) is 9.67. The van der Waals surface area contributed by atoms with Gasteiger partial charge in [-0.15, -0.1) is 0 Å². The smallest absolute Gasteiger partial charge is 0.161 e. The largest absolute Gasteiger partial charge is 0.496 e. The number of nitrogens with one attached hydrogen (secondary N) is 1. The van der Waals surface area contributed by atoms with Gasteiger partial charge in [0.25, 0.3) is 0 Å². The highest BCUT2D eigenvalue weighted by Crippen LogP contribution is 2.37. The molecule has 3 atom stereocenters. The van der Waals surface area contributed by atoms with Crippen LogP contribution in [0.2, 0.25) is 0 Å². The van der Waals surface area contributed by atoms with Crippen molar-refractivity contribution in [2.75, 3.05) is 46.9 Å². The number of aryl methyl sites for hydroxylation is 1. The highest BCUT2D eigenvalue weighted by atomic mass is 19.1. The number of ether oxygens (including phenoxy) is 4. The van der Waals surface area contributed by atoms with Crippen molar-refractivity contribution in [2.45, 2.75) is 108 Å². The van der Waals surface area contributed by atoms with Crippen LogP contribution in [0.3, 0.4) is 0 Å². The first-order valence-electron chi connectivity index (χ1n) is 16.9. The van der Waals surface area contributed by atoms with Crippen LogP contribution in [0.15, 0.2) is 36.4 Å². The lowest BCUT2D eigenvalue weighted by Gasteiger charge is -2.19. The van der Waals surface area contributed by atoms with Gasteiger partial charge in [0.2, 0.25) is 0 Å². The Morgan fingerprint density at radius 3 is 2.44 bits per heavy atom. The van der Waals surface area contributed by atoms with Gasteiger partial charge in [-0.05, 0) is 151 Å². The maximum absolute atomic E-state index is 13.6. The number of hydrogen-bond donors (Lipinski definition) is 1. The van der Waals surface area contributed by atoms with Crippen LogP contribution in [0.5, 0.6) is 17.2 Å². The summed E-state index contributed by atoms with van der Waals surface area (Å²) in [5, 5.41) is 3.63. The molecule has 0 bridgehead atoms. The summed E-state index contributed by atoms with van der Waals surface area (Å²) < 4.78 is 37.3. The summed E-state index contributed by atoms with van der Waals surface area (Å²) in [6, 6.07) is 11.3. The van der Waals surface area contributed by atoms with Gasteiger partial charge in [-0.2, -0.15) is 0 Å². The molecule has 1 N–H and O–H groups in total.